The van der Waals surface area contributed by atoms with Gasteiger partial charge in [-0.15, -0.1) is 5.10 Å². The van der Waals surface area contributed by atoms with Crippen molar-refractivity contribution in [3.8, 4) is 5.69 Å². The summed E-state index contributed by atoms with van der Waals surface area (Å²) in [5.74, 6) is 0. The number of rotatable bonds is 2. The van der Waals surface area contributed by atoms with Crippen molar-refractivity contribution < 1.29 is 9.53 Å². The highest BCUT2D eigenvalue weighted by molar-refractivity contribution is 5.89. The number of fused-ring (bicyclic) bond motifs is 1. The minimum Gasteiger partial charge on any atom is -0.378 e. The quantitative estimate of drug-likeness (QED) is 0.883. The summed E-state index contributed by atoms with van der Waals surface area (Å²) in [7, 11) is 0. The maximum atomic E-state index is 12.5. The number of hydrogen-bond donors (Lipinski definition) is 1. The average Bonchev–Trinajstić information content (AvgIpc) is 3.16. The molecule has 126 valence electrons. The zero-order valence-electron chi connectivity index (χ0n) is 13.3. The Kier molecular flexibility index (Phi) is 4.14. The Hall–Kier alpha value is -2.45. The van der Waals surface area contributed by atoms with Crippen LogP contribution < -0.4 is 5.32 Å². The lowest BCUT2D eigenvalue weighted by Crippen LogP contribution is -2.59. The van der Waals surface area contributed by atoms with E-state index in [-0.39, 0.29) is 6.03 Å². The summed E-state index contributed by atoms with van der Waals surface area (Å²) in [5, 5.41) is 10.7. The SMILES string of the molecule is O=C(Nc1ccc(-n2ccnn2)cc1)N1CCN2CCOCC2C1. The molecular weight excluding hydrogens is 308 g/mol. The first-order valence-corrected chi connectivity index (χ1v) is 8.14. The number of aromatic nitrogens is 3. The van der Waals surface area contributed by atoms with Gasteiger partial charge in [-0.25, -0.2) is 9.48 Å². The van der Waals surface area contributed by atoms with Crippen LogP contribution in [0.25, 0.3) is 5.69 Å². The van der Waals surface area contributed by atoms with Gasteiger partial charge in [-0.05, 0) is 24.3 Å². The fraction of sp³-hybridized carbons (Fsp3) is 0.438. The van der Waals surface area contributed by atoms with Gasteiger partial charge in [0.1, 0.15) is 0 Å². The Morgan fingerprint density at radius 1 is 1.21 bits per heavy atom. The number of benzene rings is 1. The molecule has 3 heterocycles. The number of morpholine rings is 1. The molecule has 2 fully saturated rings. The average molecular weight is 328 g/mol. The van der Waals surface area contributed by atoms with E-state index in [0.717, 1.165) is 37.6 Å². The number of amides is 2. The number of carbonyl (C=O) groups excluding carboxylic acids is 1. The molecule has 2 aromatic rings. The molecule has 0 bridgehead atoms. The van der Waals surface area contributed by atoms with Crippen LogP contribution in [0.2, 0.25) is 0 Å². The molecule has 0 radical (unpaired) electrons. The molecule has 2 aliphatic rings. The van der Waals surface area contributed by atoms with Crippen LogP contribution >= 0.6 is 0 Å². The highest BCUT2D eigenvalue weighted by Crippen LogP contribution is 2.16. The molecule has 0 saturated carbocycles. The van der Waals surface area contributed by atoms with E-state index in [1.807, 2.05) is 29.2 Å². The smallest absolute Gasteiger partial charge is 0.321 e. The number of ether oxygens (including phenoxy) is 1. The van der Waals surface area contributed by atoms with Crippen LogP contribution in [0.15, 0.2) is 36.7 Å². The summed E-state index contributed by atoms with van der Waals surface area (Å²) in [6.07, 6.45) is 3.41. The Bertz CT molecular complexity index is 687. The minimum atomic E-state index is -0.0614. The van der Waals surface area contributed by atoms with Gasteiger partial charge in [0.15, 0.2) is 0 Å². The number of nitrogens with one attached hydrogen (secondary N) is 1. The second-order valence-electron chi connectivity index (χ2n) is 6.04. The third-order valence-corrected chi connectivity index (χ3v) is 4.53. The van der Waals surface area contributed by atoms with E-state index in [4.69, 9.17) is 4.74 Å². The number of hydrogen-bond acceptors (Lipinski definition) is 5. The number of carbonyl (C=O) groups is 1. The van der Waals surface area contributed by atoms with Crippen LogP contribution in [0.3, 0.4) is 0 Å². The summed E-state index contributed by atoms with van der Waals surface area (Å²) >= 11 is 0. The van der Waals surface area contributed by atoms with Crippen LogP contribution in [0.5, 0.6) is 0 Å². The van der Waals surface area contributed by atoms with E-state index in [2.05, 4.69) is 20.5 Å². The Morgan fingerprint density at radius 2 is 2.08 bits per heavy atom. The maximum Gasteiger partial charge on any atom is 0.321 e. The summed E-state index contributed by atoms with van der Waals surface area (Å²) < 4.78 is 7.19. The first-order valence-electron chi connectivity index (χ1n) is 8.14. The lowest BCUT2D eigenvalue weighted by Gasteiger charge is -2.43. The Balaban J connectivity index is 1.37. The van der Waals surface area contributed by atoms with Crippen molar-refractivity contribution in [3.63, 3.8) is 0 Å². The van der Waals surface area contributed by atoms with Gasteiger partial charge in [0.2, 0.25) is 0 Å². The highest BCUT2D eigenvalue weighted by atomic mass is 16.5. The lowest BCUT2D eigenvalue weighted by atomic mass is 10.1. The molecule has 8 nitrogen and oxygen atoms in total. The van der Waals surface area contributed by atoms with Gasteiger partial charge >= 0.3 is 6.03 Å². The zero-order valence-corrected chi connectivity index (χ0v) is 13.3. The van der Waals surface area contributed by atoms with Crippen molar-refractivity contribution in [2.75, 3.05) is 44.7 Å². The van der Waals surface area contributed by atoms with E-state index in [9.17, 15) is 4.79 Å². The molecule has 1 atom stereocenters. The van der Waals surface area contributed by atoms with Crippen molar-refractivity contribution in [3.05, 3.63) is 36.7 Å². The van der Waals surface area contributed by atoms with E-state index < -0.39 is 0 Å². The van der Waals surface area contributed by atoms with E-state index in [0.29, 0.717) is 19.2 Å². The molecule has 2 amide bonds. The summed E-state index contributed by atoms with van der Waals surface area (Å²) in [6, 6.07) is 7.79. The number of nitrogens with zero attached hydrogens (tertiary/aromatic N) is 5. The van der Waals surface area contributed by atoms with Crippen LogP contribution in [-0.4, -0.2) is 76.3 Å². The summed E-state index contributed by atoms with van der Waals surface area (Å²) in [5.41, 5.74) is 1.67. The predicted molar refractivity (Wildman–Crippen MR) is 88.1 cm³/mol. The minimum absolute atomic E-state index is 0.0614. The van der Waals surface area contributed by atoms with Gasteiger partial charge in [0.05, 0.1) is 37.3 Å². The normalized spacial score (nSPS) is 21.3. The van der Waals surface area contributed by atoms with Gasteiger partial charge in [0, 0.05) is 31.9 Å². The molecule has 0 aliphatic carbocycles. The molecule has 0 spiro atoms. The van der Waals surface area contributed by atoms with Crippen LogP contribution in [0.1, 0.15) is 0 Å². The van der Waals surface area contributed by atoms with Gasteiger partial charge in [-0.1, -0.05) is 5.21 Å². The first-order chi connectivity index (χ1) is 11.8. The molecule has 1 aromatic carbocycles. The van der Waals surface area contributed by atoms with Crippen molar-refractivity contribution >= 4 is 11.7 Å². The summed E-state index contributed by atoms with van der Waals surface area (Å²) in [4.78, 5) is 16.7. The Morgan fingerprint density at radius 3 is 2.88 bits per heavy atom. The highest BCUT2D eigenvalue weighted by Gasteiger charge is 2.31. The molecule has 2 saturated heterocycles. The predicted octanol–water partition coefficient (Wildman–Crippen LogP) is 0.816. The fourth-order valence-electron chi connectivity index (χ4n) is 3.18. The van der Waals surface area contributed by atoms with Gasteiger partial charge < -0.3 is 15.0 Å². The fourth-order valence-corrected chi connectivity index (χ4v) is 3.18. The molecule has 1 aromatic heterocycles. The molecule has 8 heteroatoms. The standard InChI is InChI=1S/C16H20N6O2/c23-16(21-8-7-20-9-10-24-12-15(20)11-21)18-13-1-3-14(4-2-13)22-6-5-17-19-22/h1-6,15H,7-12H2,(H,18,23). The van der Waals surface area contributed by atoms with E-state index in [1.165, 1.54) is 0 Å². The summed E-state index contributed by atoms with van der Waals surface area (Å²) in [6.45, 7) is 4.83. The van der Waals surface area contributed by atoms with E-state index >= 15 is 0 Å². The van der Waals surface area contributed by atoms with E-state index in [1.54, 1.807) is 17.1 Å². The Labute approximate surface area is 140 Å². The number of anilines is 1. The zero-order chi connectivity index (χ0) is 16.4. The monoisotopic (exact) mass is 328 g/mol. The van der Waals surface area contributed by atoms with Crippen molar-refractivity contribution in [2.45, 2.75) is 6.04 Å². The van der Waals surface area contributed by atoms with Gasteiger partial charge in [-0.3, -0.25) is 4.90 Å². The topological polar surface area (TPSA) is 75.5 Å². The molecule has 1 N–H and O–H groups in total. The third kappa shape index (κ3) is 3.10. The molecule has 24 heavy (non-hydrogen) atoms. The molecule has 4 rings (SSSR count). The second kappa shape index (κ2) is 6.58. The first kappa shape index (κ1) is 15.1. The lowest BCUT2D eigenvalue weighted by molar-refractivity contribution is -0.0355. The maximum absolute atomic E-state index is 12.5. The third-order valence-electron chi connectivity index (χ3n) is 4.53. The van der Waals surface area contributed by atoms with Crippen molar-refractivity contribution in [2.24, 2.45) is 0 Å². The van der Waals surface area contributed by atoms with Crippen LogP contribution in [0, 0.1) is 0 Å². The van der Waals surface area contributed by atoms with Crippen LogP contribution in [-0.2, 0) is 4.74 Å². The van der Waals surface area contributed by atoms with Gasteiger partial charge in [-0.2, -0.15) is 0 Å². The van der Waals surface area contributed by atoms with Gasteiger partial charge in [0.25, 0.3) is 0 Å². The van der Waals surface area contributed by atoms with Crippen LogP contribution in [0.4, 0.5) is 10.5 Å². The van der Waals surface area contributed by atoms with Crippen molar-refractivity contribution in [1.82, 2.24) is 24.8 Å². The second-order valence-corrected chi connectivity index (χ2v) is 6.04. The molecule has 2 aliphatic heterocycles. The van der Waals surface area contributed by atoms with Crippen molar-refractivity contribution in [1.29, 1.82) is 0 Å². The number of piperazine rings is 1. The largest absolute Gasteiger partial charge is 0.378 e. The number of urea groups is 1. The molecule has 1 unspecified atom stereocenters. The molecular formula is C16H20N6O2.